The molecule has 1 amide bonds. The van der Waals surface area contributed by atoms with Gasteiger partial charge in [-0.05, 0) is 69.6 Å². The van der Waals surface area contributed by atoms with Gasteiger partial charge in [0.2, 0.25) is 5.91 Å². The van der Waals surface area contributed by atoms with Crippen LogP contribution in [0.1, 0.15) is 48.8 Å². The summed E-state index contributed by atoms with van der Waals surface area (Å²) in [5, 5.41) is 12.8. The predicted octanol–water partition coefficient (Wildman–Crippen LogP) is 3.36. The summed E-state index contributed by atoms with van der Waals surface area (Å²) in [6.07, 6.45) is 3.47. The van der Waals surface area contributed by atoms with E-state index in [9.17, 15) is 14.4 Å². The van der Waals surface area contributed by atoms with Crippen molar-refractivity contribution in [1.82, 2.24) is 5.32 Å². The van der Waals surface area contributed by atoms with E-state index in [2.05, 4.69) is 5.32 Å². The van der Waals surface area contributed by atoms with Crippen LogP contribution in [-0.2, 0) is 16.0 Å². The quantitative estimate of drug-likeness (QED) is 0.672. The highest BCUT2D eigenvalue weighted by Gasteiger charge is 2.26. The smallest absolute Gasteiger partial charge is 0.339 e. The number of methoxy groups -OCH3 is 1. The van der Waals surface area contributed by atoms with Gasteiger partial charge < -0.3 is 19.6 Å². The van der Waals surface area contributed by atoms with E-state index in [4.69, 9.17) is 14.3 Å². The zero-order valence-corrected chi connectivity index (χ0v) is 17.7. The number of carbonyl (C=O) groups excluding carboxylic acids is 1. The normalized spacial score (nSPS) is 18.9. The Morgan fingerprint density at radius 2 is 1.87 bits per heavy atom. The Morgan fingerprint density at radius 3 is 2.50 bits per heavy atom. The molecule has 1 aromatic heterocycles. The number of benzene rings is 1. The van der Waals surface area contributed by atoms with E-state index in [0.29, 0.717) is 48.6 Å². The molecule has 7 nitrogen and oxygen atoms in total. The van der Waals surface area contributed by atoms with Crippen LogP contribution in [-0.4, -0.2) is 30.6 Å². The van der Waals surface area contributed by atoms with Crippen LogP contribution in [0.4, 0.5) is 0 Å². The molecule has 162 valence electrons. The second-order valence-corrected chi connectivity index (χ2v) is 8.12. The largest absolute Gasteiger partial charge is 0.496 e. The third kappa shape index (κ3) is 4.66. The lowest BCUT2D eigenvalue weighted by Crippen LogP contribution is -2.32. The molecule has 0 unspecified atom stereocenters. The summed E-state index contributed by atoms with van der Waals surface area (Å²) in [7, 11) is 1.57. The summed E-state index contributed by atoms with van der Waals surface area (Å²) in [5.74, 6) is -0.115. The number of hydrogen-bond acceptors (Lipinski definition) is 5. The number of ether oxygens (including phenoxy) is 1. The van der Waals surface area contributed by atoms with Gasteiger partial charge in [-0.1, -0.05) is 0 Å². The maximum Gasteiger partial charge on any atom is 0.339 e. The number of rotatable bonds is 7. The number of carboxylic acids is 1. The fourth-order valence-electron chi connectivity index (χ4n) is 4.28. The zero-order valence-electron chi connectivity index (χ0n) is 17.7. The van der Waals surface area contributed by atoms with Crippen LogP contribution < -0.4 is 15.7 Å². The summed E-state index contributed by atoms with van der Waals surface area (Å²) < 4.78 is 10.8. The third-order valence-corrected chi connectivity index (χ3v) is 6.26. The first-order valence-electron chi connectivity index (χ1n) is 10.4. The molecule has 0 radical (unpaired) electrons. The molecular formula is C23H29NO6. The van der Waals surface area contributed by atoms with Gasteiger partial charge in [0.15, 0.2) is 0 Å². The summed E-state index contributed by atoms with van der Waals surface area (Å²) in [6, 6.07) is 3.72. The molecule has 2 N–H and O–H groups in total. The van der Waals surface area contributed by atoms with Crippen LogP contribution >= 0.6 is 0 Å². The Kier molecular flexibility index (Phi) is 6.80. The molecule has 1 aromatic carbocycles. The molecule has 1 aliphatic rings. The highest BCUT2D eigenvalue weighted by molar-refractivity contribution is 5.85. The Bertz CT molecular complexity index is 1000. The summed E-state index contributed by atoms with van der Waals surface area (Å²) in [5.41, 5.74) is 2.21. The maximum absolute atomic E-state index is 12.5. The molecule has 0 atom stereocenters. The fraction of sp³-hybridized carbons (Fsp3) is 0.522. The van der Waals surface area contributed by atoms with Gasteiger partial charge in [0, 0.05) is 29.5 Å². The lowest BCUT2D eigenvalue weighted by atomic mass is 9.82. The number of aliphatic carboxylic acids is 1. The monoisotopic (exact) mass is 415 g/mol. The first-order valence-corrected chi connectivity index (χ1v) is 10.4. The molecule has 0 saturated heterocycles. The van der Waals surface area contributed by atoms with E-state index < -0.39 is 11.6 Å². The first-order chi connectivity index (χ1) is 14.3. The average molecular weight is 415 g/mol. The van der Waals surface area contributed by atoms with Gasteiger partial charge in [-0.2, -0.15) is 0 Å². The molecule has 1 fully saturated rings. The van der Waals surface area contributed by atoms with Crippen LogP contribution in [0.2, 0.25) is 0 Å². The van der Waals surface area contributed by atoms with Crippen LogP contribution in [0.3, 0.4) is 0 Å². The number of amides is 1. The topological polar surface area (TPSA) is 106 Å². The molecule has 0 aliphatic heterocycles. The van der Waals surface area contributed by atoms with Gasteiger partial charge in [-0.3, -0.25) is 9.59 Å². The lowest BCUT2D eigenvalue weighted by molar-refractivity contribution is -0.143. The Labute approximate surface area is 175 Å². The van der Waals surface area contributed by atoms with Crippen LogP contribution in [0.5, 0.6) is 5.75 Å². The van der Waals surface area contributed by atoms with Crippen molar-refractivity contribution in [3.05, 3.63) is 39.2 Å². The third-order valence-electron chi connectivity index (χ3n) is 6.26. The van der Waals surface area contributed by atoms with Crippen molar-refractivity contribution in [1.29, 1.82) is 0 Å². The summed E-state index contributed by atoms with van der Waals surface area (Å²) in [6.45, 7) is 4.27. The second-order valence-electron chi connectivity index (χ2n) is 8.12. The fourth-order valence-corrected chi connectivity index (χ4v) is 4.28. The van der Waals surface area contributed by atoms with Gasteiger partial charge >= 0.3 is 11.6 Å². The molecule has 2 aromatic rings. The van der Waals surface area contributed by atoms with Crippen molar-refractivity contribution in [2.45, 2.75) is 52.4 Å². The molecule has 30 heavy (non-hydrogen) atoms. The van der Waals surface area contributed by atoms with Crippen LogP contribution in [0.15, 0.2) is 21.3 Å². The van der Waals surface area contributed by atoms with Gasteiger partial charge in [-0.25, -0.2) is 4.79 Å². The van der Waals surface area contributed by atoms with E-state index in [1.54, 1.807) is 7.11 Å². The first kappa shape index (κ1) is 21.9. The number of nitrogens with one attached hydrogen (secondary N) is 1. The highest BCUT2D eigenvalue weighted by atomic mass is 16.5. The number of carbonyl (C=O) groups is 2. The van der Waals surface area contributed by atoms with Gasteiger partial charge in [0.05, 0.1) is 13.0 Å². The molecule has 1 heterocycles. The predicted molar refractivity (Wildman–Crippen MR) is 113 cm³/mol. The lowest BCUT2D eigenvalue weighted by Gasteiger charge is -2.26. The van der Waals surface area contributed by atoms with Crippen molar-refractivity contribution < 1.29 is 23.8 Å². The minimum Gasteiger partial charge on any atom is -0.496 e. The molecule has 7 heteroatoms. The SMILES string of the molecule is COc1ccc2c(C)c(CCC(=O)NCC3CCC(C(=O)O)CC3)c(=O)oc2c1C. The number of fused-ring (bicyclic) bond motifs is 1. The molecular weight excluding hydrogens is 386 g/mol. The molecule has 0 bridgehead atoms. The molecule has 1 saturated carbocycles. The highest BCUT2D eigenvalue weighted by Crippen LogP contribution is 2.30. The minimum atomic E-state index is -0.726. The minimum absolute atomic E-state index is 0.111. The van der Waals surface area contributed by atoms with Gasteiger partial charge in [0.1, 0.15) is 11.3 Å². The van der Waals surface area contributed by atoms with Gasteiger partial charge in [-0.15, -0.1) is 0 Å². The Morgan fingerprint density at radius 1 is 1.17 bits per heavy atom. The van der Waals surface area contributed by atoms with Crippen molar-refractivity contribution in [2.75, 3.05) is 13.7 Å². The van der Waals surface area contributed by atoms with Crippen LogP contribution in [0, 0.1) is 25.7 Å². The van der Waals surface area contributed by atoms with Gasteiger partial charge in [0.25, 0.3) is 0 Å². The average Bonchev–Trinajstić information content (AvgIpc) is 2.73. The molecule has 3 rings (SSSR count). The van der Waals surface area contributed by atoms with E-state index in [-0.39, 0.29) is 18.2 Å². The van der Waals surface area contributed by atoms with Crippen molar-refractivity contribution >= 4 is 22.8 Å². The molecule has 0 spiro atoms. The van der Waals surface area contributed by atoms with Crippen molar-refractivity contribution in [2.24, 2.45) is 11.8 Å². The summed E-state index contributed by atoms with van der Waals surface area (Å²) in [4.78, 5) is 35.8. The Hall–Kier alpha value is -2.83. The zero-order chi connectivity index (χ0) is 21.8. The van der Waals surface area contributed by atoms with E-state index >= 15 is 0 Å². The van der Waals surface area contributed by atoms with Crippen molar-refractivity contribution in [3.8, 4) is 5.75 Å². The number of hydrogen-bond donors (Lipinski definition) is 2. The number of carboxylic acid groups (broad SMARTS) is 1. The number of aryl methyl sites for hydroxylation is 2. The second kappa shape index (κ2) is 9.32. The van der Waals surface area contributed by atoms with E-state index in [0.717, 1.165) is 29.4 Å². The van der Waals surface area contributed by atoms with Crippen molar-refractivity contribution in [3.63, 3.8) is 0 Å². The molecule has 1 aliphatic carbocycles. The maximum atomic E-state index is 12.5. The summed E-state index contributed by atoms with van der Waals surface area (Å²) >= 11 is 0. The van der Waals surface area contributed by atoms with E-state index in [1.165, 1.54) is 0 Å². The Balaban J connectivity index is 1.60. The van der Waals surface area contributed by atoms with E-state index in [1.807, 2.05) is 26.0 Å². The standard InChI is InChI=1S/C23H29NO6/c1-13-17-8-10-19(29-3)14(2)21(17)30-23(28)18(13)9-11-20(25)24-12-15-4-6-16(7-5-15)22(26)27/h8,10,15-16H,4-7,9,11-12H2,1-3H3,(H,24,25)(H,26,27). The van der Waals surface area contributed by atoms with Crippen LogP contribution in [0.25, 0.3) is 11.0 Å².